The molecular weight excluding hydrogens is 466 g/mol. The fourth-order valence-corrected chi connectivity index (χ4v) is 4.92. The maximum atomic E-state index is 12.5. The molecule has 1 aromatic heterocycles. The quantitative estimate of drug-likeness (QED) is 0.339. The summed E-state index contributed by atoms with van der Waals surface area (Å²) >= 11 is 1.50. The van der Waals surface area contributed by atoms with Gasteiger partial charge in [0.05, 0.1) is 12.0 Å². The number of benzene rings is 2. The number of hydrogen-bond donors (Lipinski definition) is 3. The number of anilines is 1. The van der Waals surface area contributed by atoms with Crippen LogP contribution in [0.1, 0.15) is 49.7 Å². The fraction of sp³-hybridized carbons (Fsp3) is 0.269. The van der Waals surface area contributed by atoms with Crippen LogP contribution in [0, 0.1) is 0 Å². The van der Waals surface area contributed by atoms with E-state index in [0.717, 1.165) is 25.7 Å². The molecule has 0 bridgehead atoms. The summed E-state index contributed by atoms with van der Waals surface area (Å²) in [5, 5.41) is 2.73. The molecule has 1 heterocycles. The zero-order chi connectivity index (χ0) is 24.6. The van der Waals surface area contributed by atoms with E-state index in [2.05, 4.69) is 16.2 Å². The summed E-state index contributed by atoms with van der Waals surface area (Å²) in [5.74, 6) is -0.0176. The number of hydrogen-bond acceptors (Lipinski definition) is 6. The van der Waals surface area contributed by atoms with E-state index in [1.54, 1.807) is 55.6 Å². The van der Waals surface area contributed by atoms with Gasteiger partial charge in [-0.05, 0) is 73.7 Å². The Morgan fingerprint density at radius 1 is 0.886 bits per heavy atom. The highest BCUT2D eigenvalue weighted by Crippen LogP contribution is 2.28. The van der Waals surface area contributed by atoms with Crippen molar-refractivity contribution in [1.82, 2.24) is 10.9 Å². The molecule has 0 saturated carbocycles. The van der Waals surface area contributed by atoms with Gasteiger partial charge < -0.3 is 14.8 Å². The van der Waals surface area contributed by atoms with E-state index in [9.17, 15) is 14.4 Å². The van der Waals surface area contributed by atoms with E-state index >= 15 is 0 Å². The number of thiophene rings is 1. The van der Waals surface area contributed by atoms with Crippen LogP contribution in [0.5, 0.6) is 11.5 Å². The SMILES string of the molecule is COc1cccc(NC(=O)COc2ccc(C(=O)NNC(=O)c3cc4c(s3)CCCCC4)cc2)c1. The second-order valence-corrected chi connectivity index (χ2v) is 9.26. The Morgan fingerprint density at radius 3 is 2.46 bits per heavy atom. The largest absolute Gasteiger partial charge is 0.497 e. The van der Waals surface area contributed by atoms with Gasteiger partial charge in [0.25, 0.3) is 17.7 Å². The number of carbonyl (C=O) groups excluding carboxylic acids is 3. The number of ether oxygens (including phenoxy) is 2. The molecule has 0 atom stereocenters. The smallest absolute Gasteiger partial charge is 0.279 e. The van der Waals surface area contributed by atoms with Crippen LogP contribution in [-0.2, 0) is 17.6 Å². The van der Waals surface area contributed by atoms with E-state index in [1.807, 2.05) is 6.07 Å². The van der Waals surface area contributed by atoms with Gasteiger partial charge >= 0.3 is 0 Å². The Hall–Kier alpha value is -3.85. The van der Waals surface area contributed by atoms with E-state index in [1.165, 1.54) is 28.2 Å². The molecule has 0 unspecified atom stereocenters. The van der Waals surface area contributed by atoms with Crippen molar-refractivity contribution in [2.75, 3.05) is 19.0 Å². The van der Waals surface area contributed by atoms with E-state index in [-0.39, 0.29) is 18.4 Å². The summed E-state index contributed by atoms with van der Waals surface area (Å²) in [4.78, 5) is 38.9. The molecule has 4 rings (SSSR count). The summed E-state index contributed by atoms with van der Waals surface area (Å²) in [5.41, 5.74) is 7.13. The van der Waals surface area contributed by atoms with Crippen LogP contribution in [0.4, 0.5) is 5.69 Å². The van der Waals surface area contributed by atoms with Gasteiger partial charge in [-0.2, -0.15) is 0 Å². The van der Waals surface area contributed by atoms with Crippen LogP contribution >= 0.6 is 11.3 Å². The first-order chi connectivity index (χ1) is 17.0. The number of nitrogens with one attached hydrogen (secondary N) is 3. The van der Waals surface area contributed by atoms with E-state index in [0.29, 0.717) is 27.6 Å². The van der Waals surface area contributed by atoms with Crippen molar-refractivity contribution in [3.8, 4) is 11.5 Å². The molecule has 2 aromatic carbocycles. The normalized spacial score (nSPS) is 12.6. The van der Waals surface area contributed by atoms with Crippen molar-refractivity contribution in [2.24, 2.45) is 0 Å². The summed E-state index contributed by atoms with van der Waals surface area (Å²) in [6.07, 6.45) is 5.53. The number of aryl methyl sites for hydroxylation is 2. The Kier molecular flexibility index (Phi) is 7.99. The number of hydrazine groups is 1. The first-order valence-corrected chi connectivity index (χ1v) is 12.2. The summed E-state index contributed by atoms with van der Waals surface area (Å²) in [6.45, 7) is -0.191. The molecule has 1 aliphatic carbocycles. The van der Waals surface area contributed by atoms with Crippen molar-refractivity contribution >= 4 is 34.7 Å². The summed E-state index contributed by atoms with van der Waals surface area (Å²) in [7, 11) is 1.55. The molecule has 0 saturated heterocycles. The van der Waals surface area contributed by atoms with E-state index in [4.69, 9.17) is 9.47 Å². The lowest BCUT2D eigenvalue weighted by Gasteiger charge is -2.09. The highest BCUT2D eigenvalue weighted by molar-refractivity contribution is 7.14. The lowest BCUT2D eigenvalue weighted by molar-refractivity contribution is -0.118. The second kappa shape index (κ2) is 11.5. The third kappa shape index (κ3) is 6.60. The maximum absolute atomic E-state index is 12.5. The van der Waals surface area contributed by atoms with Crippen molar-refractivity contribution in [3.05, 3.63) is 75.5 Å². The summed E-state index contributed by atoms with van der Waals surface area (Å²) < 4.78 is 10.6. The molecule has 182 valence electrons. The topological polar surface area (TPSA) is 106 Å². The Morgan fingerprint density at radius 2 is 1.66 bits per heavy atom. The van der Waals surface area contributed by atoms with Crippen molar-refractivity contribution in [3.63, 3.8) is 0 Å². The van der Waals surface area contributed by atoms with Gasteiger partial charge in [0, 0.05) is 22.2 Å². The highest BCUT2D eigenvalue weighted by Gasteiger charge is 2.17. The van der Waals surface area contributed by atoms with Crippen LogP contribution in [-0.4, -0.2) is 31.4 Å². The van der Waals surface area contributed by atoms with Crippen LogP contribution in [0.15, 0.2) is 54.6 Å². The molecule has 3 aromatic rings. The van der Waals surface area contributed by atoms with Gasteiger partial charge in [-0.3, -0.25) is 25.2 Å². The molecule has 8 nitrogen and oxygen atoms in total. The molecule has 9 heteroatoms. The Bertz CT molecular complexity index is 1180. The van der Waals surface area contributed by atoms with Gasteiger partial charge in [-0.1, -0.05) is 12.5 Å². The number of methoxy groups -OCH3 is 1. The third-order valence-electron chi connectivity index (χ3n) is 5.60. The third-order valence-corrected chi connectivity index (χ3v) is 6.84. The number of amides is 3. The molecule has 35 heavy (non-hydrogen) atoms. The van der Waals surface area contributed by atoms with Crippen molar-refractivity contribution in [1.29, 1.82) is 0 Å². The molecule has 3 amide bonds. The maximum Gasteiger partial charge on any atom is 0.279 e. The number of fused-ring (bicyclic) bond motifs is 1. The van der Waals surface area contributed by atoms with Crippen LogP contribution in [0.3, 0.4) is 0 Å². The van der Waals surface area contributed by atoms with Gasteiger partial charge in [0.1, 0.15) is 11.5 Å². The van der Waals surface area contributed by atoms with Crippen LogP contribution in [0.25, 0.3) is 0 Å². The highest BCUT2D eigenvalue weighted by atomic mass is 32.1. The van der Waals surface area contributed by atoms with Crippen LogP contribution < -0.4 is 25.6 Å². The average molecular weight is 494 g/mol. The van der Waals surface area contributed by atoms with Crippen molar-refractivity contribution < 1.29 is 23.9 Å². The molecule has 0 fully saturated rings. The molecule has 3 N–H and O–H groups in total. The Labute approximate surface area is 207 Å². The lowest BCUT2D eigenvalue weighted by atomic mass is 10.1. The molecule has 0 radical (unpaired) electrons. The first kappa shape index (κ1) is 24.3. The average Bonchev–Trinajstić information content (AvgIpc) is 3.16. The second-order valence-electron chi connectivity index (χ2n) is 8.12. The molecular formula is C26H27N3O5S. The number of carbonyl (C=O) groups is 3. The van der Waals surface area contributed by atoms with Gasteiger partial charge in [0.2, 0.25) is 0 Å². The molecule has 0 aliphatic heterocycles. The first-order valence-electron chi connectivity index (χ1n) is 11.4. The monoisotopic (exact) mass is 493 g/mol. The molecule has 0 spiro atoms. The minimum Gasteiger partial charge on any atom is -0.497 e. The molecule has 1 aliphatic rings. The number of rotatable bonds is 7. The summed E-state index contributed by atoms with van der Waals surface area (Å²) in [6, 6.07) is 15.2. The zero-order valence-corrected chi connectivity index (χ0v) is 20.2. The standard InChI is InChI=1S/C26H27N3O5S/c1-33-21-8-5-7-19(15-21)27-24(30)16-34-20-12-10-17(11-13-20)25(31)28-29-26(32)23-14-18-6-3-2-4-9-22(18)35-23/h5,7-8,10-15H,2-4,6,9,16H2,1H3,(H,27,30)(H,28,31)(H,29,32). The van der Waals surface area contributed by atoms with Crippen LogP contribution in [0.2, 0.25) is 0 Å². The van der Waals surface area contributed by atoms with Gasteiger partial charge in [0.15, 0.2) is 6.61 Å². The predicted octanol–water partition coefficient (Wildman–Crippen LogP) is 4.12. The fourth-order valence-electron chi connectivity index (χ4n) is 3.78. The van der Waals surface area contributed by atoms with E-state index < -0.39 is 5.91 Å². The van der Waals surface area contributed by atoms with Gasteiger partial charge in [-0.25, -0.2) is 0 Å². The van der Waals surface area contributed by atoms with Crippen molar-refractivity contribution in [2.45, 2.75) is 32.1 Å². The van der Waals surface area contributed by atoms with Gasteiger partial charge in [-0.15, -0.1) is 11.3 Å². The minimum atomic E-state index is -0.446. The minimum absolute atomic E-state index is 0.191. The Balaban J connectivity index is 1.24. The zero-order valence-electron chi connectivity index (χ0n) is 19.4. The predicted molar refractivity (Wildman–Crippen MR) is 134 cm³/mol. The lowest BCUT2D eigenvalue weighted by Crippen LogP contribution is -2.41.